The molecule has 0 radical (unpaired) electrons. The molecule has 1 amide bonds. The van der Waals surface area contributed by atoms with Crippen molar-refractivity contribution in [2.75, 3.05) is 32.7 Å². The van der Waals surface area contributed by atoms with Crippen molar-refractivity contribution >= 4 is 28.3 Å². The van der Waals surface area contributed by atoms with Gasteiger partial charge in [0.25, 0.3) is 5.91 Å². The molecular formula is C24H29N3O4. The number of nitrogens with zero attached hydrogens (tertiary/aromatic N) is 1. The van der Waals surface area contributed by atoms with E-state index in [4.69, 9.17) is 14.2 Å². The number of carbonyl (C=O) groups is 1. The highest BCUT2D eigenvalue weighted by Gasteiger charge is 2.13. The second-order valence-corrected chi connectivity index (χ2v) is 7.30. The maximum Gasteiger partial charge on any atom is 0.252 e. The summed E-state index contributed by atoms with van der Waals surface area (Å²) in [5, 5.41) is 7.04. The van der Waals surface area contributed by atoms with Gasteiger partial charge in [-0.05, 0) is 44.5 Å². The fourth-order valence-electron chi connectivity index (χ4n) is 3.18. The van der Waals surface area contributed by atoms with Crippen LogP contribution in [0.4, 0.5) is 11.5 Å². The van der Waals surface area contributed by atoms with Crippen LogP contribution in [0.25, 0.3) is 10.9 Å². The number of hydrogen-bond donors (Lipinski definition) is 2. The second-order valence-electron chi connectivity index (χ2n) is 7.30. The van der Waals surface area contributed by atoms with Gasteiger partial charge in [0.15, 0.2) is 11.5 Å². The van der Waals surface area contributed by atoms with Gasteiger partial charge in [-0.1, -0.05) is 18.2 Å². The van der Waals surface area contributed by atoms with Crippen molar-refractivity contribution in [1.29, 1.82) is 0 Å². The predicted octanol–water partition coefficient (Wildman–Crippen LogP) is 4.54. The van der Waals surface area contributed by atoms with Crippen LogP contribution in [-0.4, -0.2) is 44.4 Å². The molecule has 0 aliphatic heterocycles. The van der Waals surface area contributed by atoms with Crippen LogP contribution in [-0.2, 0) is 4.74 Å². The molecule has 0 aliphatic rings. The van der Waals surface area contributed by atoms with Crippen molar-refractivity contribution in [1.82, 2.24) is 10.3 Å². The van der Waals surface area contributed by atoms with E-state index in [1.54, 1.807) is 20.3 Å². The van der Waals surface area contributed by atoms with E-state index in [0.717, 1.165) is 23.0 Å². The van der Waals surface area contributed by atoms with Gasteiger partial charge in [-0.2, -0.15) is 0 Å². The Hall–Kier alpha value is -3.32. The van der Waals surface area contributed by atoms with E-state index < -0.39 is 0 Å². The largest absolute Gasteiger partial charge is 0.493 e. The van der Waals surface area contributed by atoms with Crippen LogP contribution in [0.1, 0.15) is 30.6 Å². The Balaban J connectivity index is 1.81. The zero-order valence-electron chi connectivity index (χ0n) is 18.4. The van der Waals surface area contributed by atoms with E-state index >= 15 is 0 Å². The first-order valence-electron chi connectivity index (χ1n) is 10.3. The number of para-hydroxylation sites is 1. The number of ether oxygens (including phenoxy) is 3. The van der Waals surface area contributed by atoms with Crippen LogP contribution in [0.5, 0.6) is 11.5 Å². The first kappa shape index (κ1) is 22.4. The van der Waals surface area contributed by atoms with Gasteiger partial charge in [-0.3, -0.25) is 4.79 Å². The lowest BCUT2D eigenvalue weighted by Crippen LogP contribution is -2.26. The predicted molar refractivity (Wildman–Crippen MR) is 123 cm³/mol. The lowest BCUT2D eigenvalue weighted by molar-refractivity contribution is 0.0757. The minimum atomic E-state index is -0.140. The van der Waals surface area contributed by atoms with Crippen molar-refractivity contribution in [2.45, 2.75) is 26.4 Å². The highest BCUT2D eigenvalue weighted by Crippen LogP contribution is 2.31. The maximum atomic E-state index is 12.9. The molecule has 3 rings (SSSR count). The van der Waals surface area contributed by atoms with Gasteiger partial charge in [0.05, 0.1) is 31.4 Å². The minimum absolute atomic E-state index is 0.140. The van der Waals surface area contributed by atoms with E-state index in [0.29, 0.717) is 36.0 Å². The van der Waals surface area contributed by atoms with Gasteiger partial charge < -0.3 is 24.8 Å². The number of benzene rings is 2. The molecule has 1 aromatic heterocycles. The molecule has 1 heterocycles. The normalized spacial score (nSPS) is 10.9. The molecule has 0 aliphatic carbocycles. The number of amides is 1. The Kier molecular flexibility index (Phi) is 7.67. The summed E-state index contributed by atoms with van der Waals surface area (Å²) in [5.41, 5.74) is 2.08. The molecule has 7 heteroatoms. The molecule has 3 aromatic rings. The summed E-state index contributed by atoms with van der Waals surface area (Å²) in [6.45, 7) is 5.14. The number of nitrogens with one attached hydrogen (secondary N) is 2. The monoisotopic (exact) mass is 423 g/mol. The summed E-state index contributed by atoms with van der Waals surface area (Å²) in [4.78, 5) is 17.6. The number of anilines is 2. The molecule has 164 valence electrons. The number of carbonyl (C=O) groups excluding carboxylic acids is 1. The van der Waals surface area contributed by atoms with Crippen molar-refractivity contribution < 1.29 is 19.0 Å². The lowest BCUT2D eigenvalue weighted by atomic mass is 10.1. The van der Waals surface area contributed by atoms with Crippen LogP contribution >= 0.6 is 0 Å². The number of aromatic nitrogens is 1. The van der Waals surface area contributed by atoms with E-state index in [1.165, 1.54) is 0 Å². The quantitative estimate of drug-likeness (QED) is 0.466. The van der Waals surface area contributed by atoms with Gasteiger partial charge in [0, 0.05) is 30.3 Å². The molecule has 31 heavy (non-hydrogen) atoms. The van der Waals surface area contributed by atoms with Crippen LogP contribution < -0.4 is 20.1 Å². The summed E-state index contributed by atoms with van der Waals surface area (Å²) >= 11 is 0. The molecule has 0 saturated heterocycles. The highest BCUT2D eigenvalue weighted by molar-refractivity contribution is 6.07. The summed E-state index contributed by atoms with van der Waals surface area (Å²) < 4.78 is 16.2. The SMILES string of the molecule is COc1ccc(Nc2cc(C(=O)NCCCOC(C)C)c3ccccc3n2)cc1OC. The molecule has 2 N–H and O–H groups in total. The number of methoxy groups -OCH3 is 2. The zero-order chi connectivity index (χ0) is 22.2. The van der Waals surface area contributed by atoms with Gasteiger partial charge in [0.2, 0.25) is 0 Å². The second kappa shape index (κ2) is 10.6. The third kappa shape index (κ3) is 5.86. The number of pyridine rings is 1. The smallest absolute Gasteiger partial charge is 0.252 e. The standard InChI is InChI=1S/C24H29N3O4/c1-16(2)31-13-7-12-25-24(28)19-15-23(27-20-9-6-5-8-18(19)20)26-17-10-11-21(29-3)22(14-17)30-4/h5-6,8-11,14-16H,7,12-13H2,1-4H3,(H,25,28)(H,26,27). The molecule has 0 spiro atoms. The van der Waals surface area contributed by atoms with Gasteiger partial charge in [0.1, 0.15) is 5.82 Å². The Morgan fingerprint density at radius 3 is 2.55 bits per heavy atom. The molecular weight excluding hydrogens is 394 g/mol. The summed E-state index contributed by atoms with van der Waals surface area (Å²) in [6, 6.07) is 14.9. The summed E-state index contributed by atoms with van der Waals surface area (Å²) in [5.74, 6) is 1.67. The fourth-order valence-corrected chi connectivity index (χ4v) is 3.18. The molecule has 0 saturated carbocycles. The van der Waals surface area contributed by atoms with Crippen molar-refractivity contribution in [2.24, 2.45) is 0 Å². The maximum absolute atomic E-state index is 12.9. The number of fused-ring (bicyclic) bond motifs is 1. The first-order chi connectivity index (χ1) is 15.0. The Labute approximate surface area is 182 Å². The topological polar surface area (TPSA) is 81.7 Å². The fraction of sp³-hybridized carbons (Fsp3) is 0.333. The third-order valence-electron chi connectivity index (χ3n) is 4.67. The Morgan fingerprint density at radius 2 is 1.81 bits per heavy atom. The molecule has 0 atom stereocenters. The molecule has 7 nitrogen and oxygen atoms in total. The minimum Gasteiger partial charge on any atom is -0.493 e. The summed E-state index contributed by atoms with van der Waals surface area (Å²) in [7, 11) is 3.18. The summed E-state index contributed by atoms with van der Waals surface area (Å²) in [6.07, 6.45) is 0.939. The van der Waals surface area contributed by atoms with Gasteiger partial charge in [-0.15, -0.1) is 0 Å². The van der Waals surface area contributed by atoms with Crippen molar-refractivity contribution in [3.05, 3.63) is 54.1 Å². The average molecular weight is 424 g/mol. The Bertz CT molecular complexity index is 1040. The molecule has 0 bridgehead atoms. The first-order valence-corrected chi connectivity index (χ1v) is 10.3. The van der Waals surface area contributed by atoms with E-state index in [1.807, 2.05) is 56.3 Å². The van der Waals surface area contributed by atoms with Gasteiger partial charge in [-0.25, -0.2) is 4.98 Å². The van der Waals surface area contributed by atoms with Crippen LogP contribution in [0.3, 0.4) is 0 Å². The highest BCUT2D eigenvalue weighted by atomic mass is 16.5. The average Bonchev–Trinajstić information content (AvgIpc) is 2.77. The number of rotatable bonds is 10. The lowest BCUT2D eigenvalue weighted by Gasteiger charge is -2.13. The van der Waals surface area contributed by atoms with Crippen LogP contribution in [0.15, 0.2) is 48.5 Å². The molecule has 2 aromatic carbocycles. The van der Waals surface area contributed by atoms with Crippen molar-refractivity contribution in [3.63, 3.8) is 0 Å². The van der Waals surface area contributed by atoms with Crippen LogP contribution in [0, 0.1) is 0 Å². The molecule has 0 unspecified atom stereocenters. The van der Waals surface area contributed by atoms with E-state index in [2.05, 4.69) is 15.6 Å². The van der Waals surface area contributed by atoms with Crippen molar-refractivity contribution in [3.8, 4) is 11.5 Å². The third-order valence-corrected chi connectivity index (χ3v) is 4.67. The zero-order valence-corrected chi connectivity index (χ0v) is 18.4. The van der Waals surface area contributed by atoms with E-state index in [-0.39, 0.29) is 12.0 Å². The van der Waals surface area contributed by atoms with Crippen LogP contribution in [0.2, 0.25) is 0 Å². The molecule has 0 fully saturated rings. The van der Waals surface area contributed by atoms with Gasteiger partial charge >= 0.3 is 0 Å². The Morgan fingerprint density at radius 1 is 1.03 bits per heavy atom. The number of hydrogen-bond acceptors (Lipinski definition) is 6. The van der Waals surface area contributed by atoms with E-state index in [9.17, 15) is 4.79 Å².